The van der Waals surface area contributed by atoms with E-state index in [-0.39, 0.29) is 74.7 Å². The number of hydrogen-bond acceptors (Lipinski definition) is 9. The van der Waals surface area contributed by atoms with Crippen LogP contribution in [0.15, 0.2) is 71.9 Å². The normalized spacial score (nSPS) is 15.2. The number of ketones is 1. The maximum Gasteiger partial charge on any atom is 0.267 e. The standard InChI is InChI=1S/C39H42N6O6S2/c1-39(2,53(5)52)23-41-37(48)31-16-24(22-44(31)3)17-32(46)28-11-8-13-35(42-28)43-36(47)14-9-15-51-34-20-29-27(19-33(34)50-4)38(49)45-26(21-40-29)18-25-10-6-7-12-30(25)45/h6-8,10-13,16,19-22,26H,9,14-15,17-18,23H2,1-5H3,(H,41,48)(H,42,43,47)/t26-,53?/m0/s1. The summed E-state index contributed by atoms with van der Waals surface area (Å²) in [6.07, 6.45) is 6.77. The second-order valence-corrected chi connectivity index (χ2v) is 17.1. The number of pyridine rings is 1. The van der Waals surface area contributed by atoms with Gasteiger partial charge in [-0.25, -0.2) is 4.98 Å². The predicted molar refractivity (Wildman–Crippen MR) is 210 cm³/mol. The third kappa shape index (κ3) is 8.39. The highest BCUT2D eigenvalue weighted by atomic mass is 32.8. The summed E-state index contributed by atoms with van der Waals surface area (Å²) in [4.78, 5) is 63.2. The minimum atomic E-state index is -0.291. The summed E-state index contributed by atoms with van der Waals surface area (Å²) in [6.45, 7) is 4.70. The largest absolute Gasteiger partial charge is 0.493 e. The molecule has 0 saturated carbocycles. The summed E-state index contributed by atoms with van der Waals surface area (Å²) in [5, 5.41) is 5.71. The van der Waals surface area contributed by atoms with E-state index >= 15 is 0 Å². The molecular weight excluding hydrogens is 713 g/mol. The van der Waals surface area contributed by atoms with Crippen LogP contribution >= 0.6 is 0 Å². The van der Waals surface area contributed by atoms with Gasteiger partial charge in [0.05, 0.1) is 31.0 Å². The number of amides is 3. The molecule has 2 atom stereocenters. The number of aromatic nitrogens is 2. The Morgan fingerprint density at radius 3 is 2.64 bits per heavy atom. The second kappa shape index (κ2) is 15.8. The number of carbonyl (C=O) groups excluding carboxylic acids is 4. The lowest BCUT2D eigenvalue weighted by molar-refractivity contribution is -0.116. The highest BCUT2D eigenvalue weighted by Gasteiger charge is 2.36. The number of aliphatic imine (C=N–C) groups is 1. The van der Waals surface area contributed by atoms with Crippen LogP contribution in [0.2, 0.25) is 0 Å². The van der Waals surface area contributed by atoms with Gasteiger partial charge in [-0.15, -0.1) is 9.45 Å². The number of hydrogen-bond donors (Lipinski definition) is 2. The molecule has 3 amide bonds. The summed E-state index contributed by atoms with van der Waals surface area (Å²) in [5.74, 6) is 0.148. The number of rotatable bonds is 14. The van der Waals surface area contributed by atoms with Gasteiger partial charge in [0, 0.05) is 61.8 Å². The van der Waals surface area contributed by atoms with Crippen molar-refractivity contribution in [3.8, 4) is 11.5 Å². The number of anilines is 2. The Kier molecular flexibility index (Phi) is 11.2. The van der Waals surface area contributed by atoms with Gasteiger partial charge in [-0.05, 0) is 68.0 Å². The van der Waals surface area contributed by atoms with Crippen LogP contribution < -0.4 is 25.0 Å². The average Bonchev–Trinajstić information content (AvgIpc) is 3.66. The zero-order valence-corrected chi connectivity index (χ0v) is 31.9. The highest BCUT2D eigenvalue weighted by molar-refractivity contribution is 8.29. The van der Waals surface area contributed by atoms with Crippen LogP contribution in [-0.4, -0.2) is 76.6 Å². The van der Waals surface area contributed by atoms with Crippen LogP contribution in [0.25, 0.3) is 0 Å². The molecule has 2 aromatic carbocycles. The van der Waals surface area contributed by atoms with Gasteiger partial charge in [0.2, 0.25) is 5.91 Å². The van der Waals surface area contributed by atoms with E-state index < -0.39 is 0 Å². The highest BCUT2D eigenvalue weighted by Crippen LogP contribution is 2.40. The zero-order valence-electron chi connectivity index (χ0n) is 30.3. The van der Waals surface area contributed by atoms with E-state index in [1.807, 2.05) is 44.4 Å². The first-order chi connectivity index (χ1) is 25.3. The number of para-hydroxylation sites is 1. The quantitative estimate of drug-likeness (QED) is 0.133. The van der Waals surface area contributed by atoms with E-state index in [1.165, 1.54) is 7.11 Å². The van der Waals surface area contributed by atoms with Crippen molar-refractivity contribution < 1.29 is 28.7 Å². The van der Waals surface area contributed by atoms with Crippen LogP contribution in [0.3, 0.4) is 0 Å². The Hall–Kier alpha value is -5.21. The minimum absolute atomic E-state index is 0.0390. The molecule has 0 aliphatic carbocycles. The summed E-state index contributed by atoms with van der Waals surface area (Å²) in [5.41, 5.74) is 4.22. The molecule has 0 saturated heterocycles. The van der Waals surface area contributed by atoms with Crippen LogP contribution in [-0.2, 0) is 45.3 Å². The Balaban J connectivity index is 1.01. The number of fused-ring (bicyclic) bond motifs is 4. The van der Waals surface area contributed by atoms with Gasteiger partial charge in [0.25, 0.3) is 11.8 Å². The number of benzene rings is 2. The van der Waals surface area contributed by atoms with E-state index in [9.17, 15) is 19.2 Å². The Bertz CT molecular complexity index is 2140. The predicted octanol–water partition coefficient (Wildman–Crippen LogP) is 5.16. The van der Waals surface area contributed by atoms with E-state index in [0.717, 1.165) is 11.3 Å². The monoisotopic (exact) mass is 754 g/mol. The third-order valence-electron chi connectivity index (χ3n) is 9.35. The van der Waals surface area contributed by atoms with Crippen molar-refractivity contribution >= 4 is 67.6 Å². The summed E-state index contributed by atoms with van der Waals surface area (Å²) >= 11 is 5.41. The van der Waals surface area contributed by atoms with Crippen LogP contribution in [0.5, 0.6) is 11.5 Å². The van der Waals surface area contributed by atoms with Gasteiger partial charge >= 0.3 is 0 Å². The summed E-state index contributed by atoms with van der Waals surface area (Å²) in [7, 11) is 2.98. The van der Waals surface area contributed by atoms with Crippen molar-refractivity contribution in [2.75, 3.05) is 36.7 Å². The van der Waals surface area contributed by atoms with Crippen molar-refractivity contribution in [2.45, 2.75) is 50.3 Å². The molecule has 6 rings (SSSR count). The zero-order chi connectivity index (χ0) is 37.9. The summed E-state index contributed by atoms with van der Waals surface area (Å²) < 4.78 is 13.0. The first kappa shape index (κ1) is 37.5. The minimum Gasteiger partial charge on any atom is -0.493 e. The molecule has 0 spiro atoms. The molecule has 4 aromatic rings. The number of methoxy groups -OCH3 is 1. The van der Waals surface area contributed by atoms with Crippen molar-refractivity contribution in [2.24, 2.45) is 12.0 Å². The first-order valence-electron chi connectivity index (χ1n) is 17.2. The summed E-state index contributed by atoms with van der Waals surface area (Å²) in [6, 6.07) is 17.6. The number of Topliss-reactive ketones (excluding diaryl/α,β-unsaturated/α-hetero) is 1. The van der Waals surface area contributed by atoms with Crippen molar-refractivity contribution in [1.29, 1.82) is 0 Å². The van der Waals surface area contributed by atoms with Crippen molar-refractivity contribution in [1.82, 2.24) is 14.9 Å². The Morgan fingerprint density at radius 1 is 1.08 bits per heavy atom. The molecular formula is C39H42N6O6S2. The lowest BCUT2D eigenvalue weighted by atomic mass is 10.1. The number of carbonyl (C=O) groups is 4. The van der Waals surface area contributed by atoms with Crippen LogP contribution in [0.1, 0.15) is 69.2 Å². The van der Waals surface area contributed by atoms with Crippen LogP contribution in [0, 0.1) is 0 Å². The maximum atomic E-state index is 13.6. The van der Waals surface area contributed by atoms with E-state index in [0.29, 0.717) is 53.4 Å². The van der Waals surface area contributed by atoms with E-state index in [1.54, 1.807) is 65.3 Å². The van der Waals surface area contributed by atoms with Crippen molar-refractivity contribution in [3.63, 3.8) is 0 Å². The van der Waals surface area contributed by atoms with Gasteiger partial charge in [-0.1, -0.05) is 35.5 Å². The molecule has 14 heteroatoms. The van der Waals surface area contributed by atoms with Crippen LogP contribution in [0.4, 0.5) is 17.2 Å². The smallest absolute Gasteiger partial charge is 0.267 e. The van der Waals surface area contributed by atoms with Gasteiger partial charge < -0.3 is 24.7 Å². The Labute approximate surface area is 315 Å². The fraction of sp³-hybridized carbons (Fsp3) is 0.333. The molecule has 2 aliphatic rings. The second-order valence-electron chi connectivity index (χ2n) is 13.6. The molecule has 0 bridgehead atoms. The SMILES string of the molecule is COc1cc2c(cc1OCCCC(=O)Nc1cccc(C(=O)Cc3cc(C(=O)NCC(C)(C)S(C)=S)n(C)c3)n1)N=C[C@@H]1Cc3ccccc3N1C2=O. The topological polar surface area (TPSA) is 144 Å². The fourth-order valence-corrected chi connectivity index (χ4v) is 6.64. The van der Waals surface area contributed by atoms with E-state index in [4.69, 9.17) is 20.7 Å². The number of ether oxygens (including phenoxy) is 2. The lowest BCUT2D eigenvalue weighted by Gasteiger charge is -2.24. The molecule has 2 aliphatic heterocycles. The van der Waals surface area contributed by atoms with Gasteiger partial charge in [-0.2, -0.15) is 0 Å². The molecule has 1 unspecified atom stereocenters. The van der Waals surface area contributed by atoms with Crippen molar-refractivity contribution in [3.05, 3.63) is 94.9 Å². The molecule has 53 heavy (non-hydrogen) atoms. The molecule has 12 nitrogen and oxygen atoms in total. The molecule has 4 heterocycles. The van der Waals surface area contributed by atoms with Gasteiger partial charge in [0.15, 0.2) is 17.3 Å². The lowest BCUT2D eigenvalue weighted by Crippen LogP contribution is -2.41. The first-order valence-corrected chi connectivity index (χ1v) is 19.8. The molecule has 2 aromatic heterocycles. The van der Waals surface area contributed by atoms with Gasteiger partial charge in [-0.3, -0.25) is 29.1 Å². The molecule has 276 valence electrons. The third-order valence-corrected chi connectivity index (χ3v) is 12.4. The van der Waals surface area contributed by atoms with Gasteiger partial charge in [0.1, 0.15) is 17.2 Å². The average molecular weight is 755 g/mol. The maximum absolute atomic E-state index is 13.6. The number of aryl methyl sites for hydroxylation is 1. The number of nitrogens with zero attached hydrogens (tertiary/aromatic N) is 4. The molecule has 0 radical (unpaired) electrons. The molecule has 0 fully saturated rings. The Morgan fingerprint density at radius 2 is 1.87 bits per heavy atom. The number of nitrogens with one attached hydrogen (secondary N) is 2. The molecule has 2 N–H and O–H groups in total. The fourth-order valence-electron chi connectivity index (χ4n) is 6.19. The van der Waals surface area contributed by atoms with E-state index in [2.05, 4.69) is 20.6 Å².